The molecule has 5 nitrogen and oxygen atoms in total. The average Bonchev–Trinajstić information content (AvgIpc) is 2.67. The second-order valence-electron chi connectivity index (χ2n) is 4.79. The van der Waals surface area contributed by atoms with Crippen molar-refractivity contribution >= 4 is 23.8 Å². The van der Waals surface area contributed by atoms with Crippen LogP contribution in [0.3, 0.4) is 0 Å². The summed E-state index contributed by atoms with van der Waals surface area (Å²) in [4.78, 5) is 17.8. The van der Waals surface area contributed by atoms with E-state index in [1.54, 1.807) is 29.3 Å². The fourth-order valence-corrected chi connectivity index (χ4v) is 2.28. The molecule has 0 saturated carbocycles. The Morgan fingerprint density at radius 3 is 2.81 bits per heavy atom. The number of aliphatic imine (C=N–C) groups is 1. The molecule has 0 bridgehead atoms. The van der Waals surface area contributed by atoms with Crippen LogP contribution in [0.1, 0.15) is 16.7 Å². The largest absolute Gasteiger partial charge is 0.384 e. The van der Waals surface area contributed by atoms with Crippen LogP contribution in [-0.4, -0.2) is 18.1 Å². The van der Waals surface area contributed by atoms with E-state index in [9.17, 15) is 4.79 Å². The van der Waals surface area contributed by atoms with E-state index in [2.05, 4.69) is 4.99 Å². The zero-order valence-electron chi connectivity index (χ0n) is 11.3. The van der Waals surface area contributed by atoms with E-state index in [1.807, 2.05) is 30.3 Å². The number of carbonyl (C=O) groups excluding carboxylic acids is 1. The molecular weight excluding hydrogens is 264 g/mol. The summed E-state index contributed by atoms with van der Waals surface area (Å²) in [6.07, 6.45) is 1.59. The molecule has 0 radical (unpaired) electrons. The van der Waals surface area contributed by atoms with Crippen LogP contribution in [0.4, 0.5) is 10.5 Å². The molecule has 0 spiro atoms. The number of carbonyl (C=O) groups is 1. The summed E-state index contributed by atoms with van der Waals surface area (Å²) in [6.45, 7) is 0.441. The third kappa shape index (κ3) is 2.53. The van der Waals surface area contributed by atoms with Gasteiger partial charge in [0.1, 0.15) is 5.84 Å². The minimum absolute atomic E-state index is 0.0250. The summed E-state index contributed by atoms with van der Waals surface area (Å²) in [5, 5.41) is 7.50. The van der Waals surface area contributed by atoms with Gasteiger partial charge in [-0.15, -0.1) is 0 Å². The lowest BCUT2D eigenvalue weighted by molar-refractivity contribution is 0.254. The molecule has 2 amide bonds. The molecule has 3 N–H and O–H groups in total. The van der Waals surface area contributed by atoms with Gasteiger partial charge in [-0.05, 0) is 23.3 Å². The Hall–Kier alpha value is -2.95. The number of hydrogen-bond donors (Lipinski definition) is 2. The molecule has 3 rings (SSSR count). The number of anilines is 1. The maximum atomic E-state index is 12.2. The van der Waals surface area contributed by atoms with Gasteiger partial charge in [0.15, 0.2) is 0 Å². The van der Waals surface area contributed by atoms with Crippen molar-refractivity contribution in [3.05, 3.63) is 65.2 Å². The Morgan fingerprint density at radius 2 is 2.00 bits per heavy atom. The highest BCUT2D eigenvalue weighted by Crippen LogP contribution is 2.23. The van der Waals surface area contributed by atoms with Crippen LogP contribution in [0.15, 0.2) is 53.5 Å². The number of rotatable bonds is 2. The van der Waals surface area contributed by atoms with E-state index < -0.39 is 0 Å². The van der Waals surface area contributed by atoms with Crippen LogP contribution in [0, 0.1) is 5.41 Å². The van der Waals surface area contributed by atoms with Gasteiger partial charge in [-0.1, -0.05) is 36.4 Å². The number of amidine groups is 1. The Morgan fingerprint density at radius 1 is 1.19 bits per heavy atom. The molecule has 0 aromatic heterocycles. The van der Waals surface area contributed by atoms with Gasteiger partial charge in [0, 0.05) is 17.5 Å². The smallest absolute Gasteiger partial charge is 0.348 e. The van der Waals surface area contributed by atoms with Crippen LogP contribution in [-0.2, 0) is 6.54 Å². The number of fused-ring (bicyclic) bond motifs is 1. The quantitative estimate of drug-likeness (QED) is 0.653. The number of nitrogens with two attached hydrogens (primary N) is 1. The fraction of sp³-hybridized carbons (Fsp3) is 0.0625. The van der Waals surface area contributed by atoms with Crippen molar-refractivity contribution in [3.63, 3.8) is 0 Å². The standard InChI is InChI=1S/C16H14N4O/c17-15(18)11-6-3-7-14(8-11)20-10-13-5-2-1-4-12(13)9-19-16(20)21/h1-9H,10H2,(H3,17,18). The number of benzene rings is 2. The van der Waals surface area contributed by atoms with E-state index in [1.165, 1.54) is 0 Å². The highest BCUT2D eigenvalue weighted by Gasteiger charge is 2.19. The SMILES string of the molecule is N=C(N)c1cccc(N2Cc3ccccc3C=NC2=O)c1. The summed E-state index contributed by atoms with van der Waals surface area (Å²) in [6, 6.07) is 14.5. The van der Waals surface area contributed by atoms with Gasteiger partial charge in [0.2, 0.25) is 0 Å². The lowest BCUT2D eigenvalue weighted by Crippen LogP contribution is -2.27. The van der Waals surface area contributed by atoms with Crippen LogP contribution >= 0.6 is 0 Å². The normalized spacial score (nSPS) is 13.7. The first kappa shape index (κ1) is 13.1. The van der Waals surface area contributed by atoms with Crippen molar-refractivity contribution < 1.29 is 4.79 Å². The van der Waals surface area contributed by atoms with Gasteiger partial charge in [-0.25, -0.2) is 9.79 Å². The summed E-state index contributed by atoms with van der Waals surface area (Å²) in [5.41, 5.74) is 8.74. The van der Waals surface area contributed by atoms with Crippen LogP contribution in [0.25, 0.3) is 0 Å². The minimum atomic E-state index is -0.327. The first-order chi connectivity index (χ1) is 10.1. The maximum Gasteiger partial charge on any atom is 0.348 e. The lowest BCUT2D eigenvalue weighted by atomic mass is 10.1. The molecule has 2 aromatic rings. The van der Waals surface area contributed by atoms with Crippen LogP contribution in [0.2, 0.25) is 0 Å². The summed E-state index contributed by atoms with van der Waals surface area (Å²) >= 11 is 0. The van der Waals surface area contributed by atoms with Gasteiger partial charge in [0.25, 0.3) is 0 Å². The second-order valence-corrected chi connectivity index (χ2v) is 4.79. The van der Waals surface area contributed by atoms with E-state index in [0.717, 1.165) is 11.1 Å². The van der Waals surface area contributed by atoms with Crippen molar-refractivity contribution in [1.82, 2.24) is 0 Å². The van der Waals surface area contributed by atoms with Gasteiger partial charge in [0.05, 0.1) is 6.54 Å². The molecule has 0 aliphatic carbocycles. The van der Waals surface area contributed by atoms with Gasteiger partial charge >= 0.3 is 6.03 Å². The highest BCUT2D eigenvalue weighted by atomic mass is 16.2. The Kier molecular flexibility index (Phi) is 3.23. The first-order valence-corrected chi connectivity index (χ1v) is 6.53. The zero-order valence-corrected chi connectivity index (χ0v) is 11.3. The van der Waals surface area contributed by atoms with Crippen LogP contribution in [0.5, 0.6) is 0 Å². The Balaban J connectivity index is 2.02. The number of nitrogen functional groups attached to an aromatic ring is 1. The molecule has 1 aliphatic heterocycles. The lowest BCUT2D eigenvalue weighted by Gasteiger charge is -2.20. The van der Waals surface area contributed by atoms with Gasteiger partial charge < -0.3 is 5.73 Å². The predicted octanol–water partition coefficient (Wildman–Crippen LogP) is 2.53. The summed E-state index contributed by atoms with van der Waals surface area (Å²) in [7, 11) is 0. The molecule has 0 fully saturated rings. The number of nitrogens with one attached hydrogen (secondary N) is 1. The van der Waals surface area contributed by atoms with Crippen molar-refractivity contribution in [3.8, 4) is 0 Å². The Bertz CT molecular complexity index is 751. The molecular formula is C16H14N4O. The number of hydrogen-bond acceptors (Lipinski definition) is 2. The molecule has 104 valence electrons. The average molecular weight is 278 g/mol. The van der Waals surface area contributed by atoms with Gasteiger partial charge in [-0.2, -0.15) is 0 Å². The number of urea groups is 1. The number of amides is 2. The summed E-state index contributed by atoms with van der Waals surface area (Å²) in [5.74, 6) is -0.0250. The van der Waals surface area contributed by atoms with Crippen molar-refractivity contribution in [2.45, 2.75) is 6.54 Å². The molecule has 0 saturated heterocycles. The van der Waals surface area contributed by atoms with Crippen LogP contribution < -0.4 is 10.6 Å². The highest BCUT2D eigenvalue weighted by molar-refractivity contribution is 6.03. The third-order valence-corrected chi connectivity index (χ3v) is 3.40. The molecule has 0 unspecified atom stereocenters. The fourth-order valence-electron chi connectivity index (χ4n) is 2.28. The number of nitrogens with zero attached hydrogens (tertiary/aromatic N) is 2. The van der Waals surface area contributed by atoms with Crippen molar-refractivity contribution in [1.29, 1.82) is 5.41 Å². The van der Waals surface area contributed by atoms with Crippen molar-refractivity contribution in [2.75, 3.05) is 4.90 Å². The summed E-state index contributed by atoms with van der Waals surface area (Å²) < 4.78 is 0. The Labute approximate surface area is 122 Å². The molecule has 21 heavy (non-hydrogen) atoms. The molecule has 1 aliphatic rings. The molecule has 1 heterocycles. The van der Waals surface area contributed by atoms with E-state index in [0.29, 0.717) is 17.8 Å². The van der Waals surface area contributed by atoms with Gasteiger partial charge in [-0.3, -0.25) is 10.3 Å². The van der Waals surface area contributed by atoms with E-state index >= 15 is 0 Å². The monoisotopic (exact) mass is 278 g/mol. The topological polar surface area (TPSA) is 82.5 Å². The van der Waals surface area contributed by atoms with Crippen molar-refractivity contribution in [2.24, 2.45) is 10.7 Å². The molecule has 2 aromatic carbocycles. The second kappa shape index (κ2) is 5.20. The van der Waals surface area contributed by atoms with E-state index in [-0.39, 0.29) is 11.9 Å². The third-order valence-electron chi connectivity index (χ3n) is 3.40. The zero-order chi connectivity index (χ0) is 14.8. The molecule has 5 heteroatoms. The van der Waals surface area contributed by atoms with E-state index in [4.69, 9.17) is 11.1 Å². The first-order valence-electron chi connectivity index (χ1n) is 6.53. The predicted molar refractivity (Wildman–Crippen MR) is 83.1 cm³/mol. The minimum Gasteiger partial charge on any atom is -0.384 e. The molecule has 0 atom stereocenters. The maximum absolute atomic E-state index is 12.2.